The third-order valence-corrected chi connectivity index (χ3v) is 3.93. The van der Waals surface area contributed by atoms with Gasteiger partial charge in [-0.05, 0) is 37.3 Å². The van der Waals surface area contributed by atoms with Gasteiger partial charge in [0.15, 0.2) is 0 Å². The molecule has 0 radical (unpaired) electrons. The molecular formula is C16H13ClN4. The fraction of sp³-hybridized carbons (Fsp3) is 0.125. The molecule has 104 valence electrons. The summed E-state index contributed by atoms with van der Waals surface area (Å²) in [7, 11) is 0. The number of halogens is 1. The van der Waals surface area contributed by atoms with Crippen LogP contribution in [0.1, 0.15) is 24.5 Å². The fourth-order valence-corrected chi connectivity index (χ4v) is 2.69. The Labute approximate surface area is 126 Å². The van der Waals surface area contributed by atoms with Crippen LogP contribution in [0.15, 0.2) is 42.5 Å². The number of imidazole rings is 2. The number of benzene rings is 2. The van der Waals surface area contributed by atoms with Crippen molar-refractivity contribution in [3.63, 3.8) is 0 Å². The standard InChI is InChI=1S/C16H13ClN4/c1-9(15-18-11-4-2-3-5-12(11)19-15)16-20-13-7-6-10(17)8-14(13)21-16/h2-9H,1H3,(H,18,19)(H,20,21). The summed E-state index contributed by atoms with van der Waals surface area (Å²) in [5.74, 6) is 1.84. The van der Waals surface area contributed by atoms with Crippen LogP contribution in [-0.2, 0) is 0 Å². The molecule has 2 N–H and O–H groups in total. The smallest absolute Gasteiger partial charge is 0.117 e. The maximum Gasteiger partial charge on any atom is 0.117 e. The number of nitrogens with one attached hydrogen (secondary N) is 2. The normalized spacial score (nSPS) is 13.0. The summed E-state index contributed by atoms with van der Waals surface area (Å²) < 4.78 is 0. The van der Waals surface area contributed by atoms with Gasteiger partial charge >= 0.3 is 0 Å². The second-order valence-corrected chi connectivity index (χ2v) is 5.58. The molecular weight excluding hydrogens is 284 g/mol. The first kappa shape index (κ1) is 12.4. The van der Waals surface area contributed by atoms with E-state index in [0.717, 1.165) is 33.7 Å². The molecule has 0 aliphatic heterocycles. The second kappa shape index (κ2) is 4.60. The molecule has 2 aromatic carbocycles. The molecule has 0 spiro atoms. The van der Waals surface area contributed by atoms with Gasteiger partial charge in [0, 0.05) is 5.02 Å². The van der Waals surface area contributed by atoms with Crippen molar-refractivity contribution in [3.05, 3.63) is 59.1 Å². The van der Waals surface area contributed by atoms with Crippen molar-refractivity contribution in [2.75, 3.05) is 0 Å². The first-order valence-electron chi connectivity index (χ1n) is 6.80. The van der Waals surface area contributed by atoms with Gasteiger partial charge in [0.2, 0.25) is 0 Å². The van der Waals surface area contributed by atoms with E-state index in [1.807, 2.05) is 42.5 Å². The van der Waals surface area contributed by atoms with Crippen LogP contribution in [0.2, 0.25) is 5.02 Å². The van der Waals surface area contributed by atoms with Crippen LogP contribution >= 0.6 is 11.6 Å². The summed E-state index contributed by atoms with van der Waals surface area (Å²) in [6.07, 6.45) is 0. The van der Waals surface area contributed by atoms with E-state index < -0.39 is 0 Å². The Bertz CT molecular complexity index is 905. The molecule has 4 nitrogen and oxygen atoms in total. The van der Waals surface area contributed by atoms with Crippen LogP contribution in [0, 0.1) is 0 Å². The van der Waals surface area contributed by atoms with Gasteiger partial charge in [0.05, 0.1) is 28.0 Å². The van der Waals surface area contributed by atoms with Crippen molar-refractivity contribution in [1.82, 2.24) is 19.9 Å². The van der Waals surface area contributed by atoms with E-state index >= 15 is 0 Å². The largest absolute Gasteiger partial charge is 0.341 e. The van der Waals surface area contributed by atoms with E-state index in [0.29, 0.717) is 5.02 Å². The number of rotatable bonds is 2. The van der Waals surface area contributed by atoms with Crippen molar-refractivity contribution in [3.8, 4) is 0 Å². The molecule has 0 bridgehead atoms. The van der Waals surface area contributed by atoms with Gasteiger partial charge < -0.3 is 9.97 Å². The van der Waals surface area contributed by atoms with Crippen molar-refractivity contribution >= 4 is 33.7 Å². The van der Waals surface area contributed by atoms with E-state index in [1.54, 1.807) is 0 Å². The Morgan fingerprint density at radius 3 is 2.33 bits per heavy atom. The molecule has 0 aliphatic carbocycles. The average molecular weight is 297 g/mol. The van der Waals surface area contributed by atoms with Gasteiger partial charge in [-0.2, -0.15) is 0 Å². The number of fused-ring (bicyclic) bond motifs is 2. The van der Waals surface area contributed by atoms with Gasteiger partial charge in [0.25, 0.3) is 0 Å². The molecule has 1 atom stereocenters. The SMILES string of the molecule is CC(c1nc2ccccc2[nH]1)c1nc2ccc(Cl)cc2[nH]1. The van der Waals surface area contributed by atoms with Crippen molar-refractivity contribution in [2.24, 2.45) is 0 Å². The Kier molecular flexibility index (Phi) is 2.72. The third kappa shape index (κ3) is 2.08. The van der Waals surface area contributed by atoms with E-state index in [1.165, 1.54) is 0 Å². The highest BCUT2D eigenvalue weighted by atomic mass is 35.5. The minimum absolute atomic E-state index is 0.0589. The molecule has 1 unspecified atom stereocenters. The lowest BCUT2D eigenvalue weighted by Gasteiger charge is -2.03. The molecule has 0 saturated heterocycles. The van der Waals surface area contributed by atoms with E-state index in [9.17, 15) is 0 Å². The van der Waals surface area contributed by atoms with Crippen LogP contribution in [0.3, 0.4) is 0 Å². The maximum atomic E-state index is 6.01. The Morgan fingerprint density at radius 2 is 1.57 bits per heavy atom. The highest BCUT2D eigenvalue weighted by Gasteiger charge is 2.16. The van der Waals surface area contributed by atoms with Crippen LogP contribution in [0.25, 0.3) is 22.1 Å². The summed E-state index contributed by atoms with van der Waals surface area (Å²) in [4.78, 5) is 15.9. The number of aromatic nitrogens is 4. The molecule has 4 rings (SSSR count). The summed E-state index contributed by atoms with van der Waals surface area (Å²) in [5, 5.41) is 0.703. The topological polar surface area (TPSA) is 57.4 Å². The number of hydrogen-bond acceptors (Lipinski definition) is 2. The fourth-order valence-electron chi connectivity index (χ4n) is 2.51. The molecule has 0 aliphatic rings. The first-order valence-corrected chi connectivity index (χ1v) is 7.18. The lowest BCUT2D eigenvalue weighted by atomic mass is 10.1. The maximum absolute atomic E-state index is 6.01. The minimum Gasteiger partial charge on any atom is -0.341 e. The molecule has 0 amide bonds. The quantitative estimate of drug-likeness (QED) is 0.581. The van der Waals surface area contributed by atoms with Crippen molar-refractivity contribution in [1.29, 1.82) is 0 Å². The van der Waals surface area contributed by atoms with E-state index in [-0.39, 0.29) is 5.92 Å². The summed E-state index contributed by atoms with van der Waals surface area (Å²) in [6.45, 7) is 2.08. The number of nitrogens with zero attached hydrogens (tertiary/aromatic N) is 2. The third-order valence-electron chi connectivity index (χ3n) is 3.69. The minimum atomic E-state index is 0.0589. The highest BCUT2D eigenvalue weighted by molar-refractivity contribution is 6.31. The molecule has 0 saturated carbocycles. The number of para-hydroxylation sites is 2. The van der Waals surface area contributed by atoms with Gasteiger partial charge in [-0.3, -0.25) is 0 Å². The van der Waals surface area contributed by atoms with Crippen molar-refractivity contribution in [2.45, 2.75) is 12.8 Å². The zero-order chi connectivity index (χ0) is 14.4. The van der Waals surface area contributed by atoms with E-state index in [4.69, 9.17) is 11.6 Å². The van der Waals surface area contributed by atoms with Crippen LogP contribution in [0.5, 0.6) is 0 Å². The first-order chi connectivity index (χ1) is 10.2. The van der Waals surface area contributed by atoms with Gasteiger partial charge in [-0.15, -0.1) is 0 Å². The Morgan fingerprint density at radius 1 is 0.905 bits per heavy atom. The molecule has 21 heavy (non-hydrogen) atoms. The summed E-state index contributed by atoms with van der Waals surface area (Å²) >= 11 is 6.01. The van der Waals surface area contributed by atoms with Gasteiger partial charge in [0.1, 0.15) is 11.6 Å². The average Bonchev–Trinajstić information content (AvgIpc) is 3.09. The predicted octanol–water partition coefficient (Wildman–Crippen LogP) is 4.24. The van der Waals surface area contributed by atoms with Crippen molar-refractivity contribution < 1.29 is 0 Å². The van der Waals surface area contributed by atoms with Gasteiger partial charge in [-0.25, -0.2) is 9.97 Å². The summed E-state index contributed by atoms with van der Waals surface area (Å²) in [5.41, 5.74) is 3.87. The van der Waals surface area contributed by atoms with Gasteiger partial charge in [-0.1, -0.05) is 23.7 Å². The van der Waals surface area contributed by atoms with E-state index in [2.05, 4.69) is 26.9 Å². The lowest BCUT2D eigenvalue weighted by molar-refractivity contribution is 0.790. The lowest BCUT2D eigenvalue weighted by Crippen LogP contribution is -2.00. The Balaban J connectivity index is 1.79. The predicted molar refractivity (Wildman–Crippen MR) is 84.7 cm³/mol. The molecule has 4 aromatic rings. The molecule has 0 fully saturated rings. The van der Waals surface area contributed by atoms with Crippen LogP contribution < -0.4 is 0 Å². The molecule has 5 heteroatoms. The highest BCUT2D eigenvalue weighted by Crippen LogP contribution is 2.25. The monoisotopic (exact) mass is 296 g/mol. The number of aromatic amines is 2. The van der Waals surface area contributed by atoms with Crippen LogP contribution in [-0.4, -0.2) is 19.9 Å². The zero-order valence-corrected chi connectivity index (χ0v) is 12.1. The molecule has 2 aromatic heterocycles. The number of hydrogen-bond donors (Lipinski definition) is 2. The Hall–Kier alpha value is -2.33. The van der Waals surface area contributed by atoms with Crippen LogP contribution in [0.4, 0.5) is 0 Å². The molecule has 2 heterocycles. The zero-order valence-electron chi connectivity index (χ0n) is 11.4. The summed E-state index contributed by atoms with van der Waals surface area (Å²) in [6, 6.07) is 13.7. The second-order valence-electron chi connectivity index (χ2n) is 5.14. The number of H-pyrrole nitrogens is 2.